The Balaban J connectivity index is 1.81. The van der Waals surface area contributed by atoms with Crippen LogP contribution < -0.4 is 10.5 Å². The number of hydrogen-bond acceptors (Lipinski definition) is 4. The first-order valence-corrected chi connectivity index (χ1v) is 9.22. The van der Waals surface area contributed by atoms with E-state index in [1.807, 2.05) is 18.2 Å². The van der Waals surface area contributed by atoms with E-state index >= 15 is 0 Å². The lowest BCUT2D eigenvalue weighted by Gasteiger charge is -2.23. The molecule has 0 fully saturated rings. The first-order chi connectivity index (χ1) is 13.0. The zero-order chi connectivity index (χ0) is 19.4. The molecule has 2 aromatic carbocycles. The summed E-state index contributed by atoms with van der Waals surface area (Å²) in [4.78, 5) is 29.1. The molecule has 3 rings (SSSR count). The van der Waals surface area contributed by atoms with E-state index in [2.05, 4.69) is 28.9 Å². The fraction of sp³-hybridized carbons (Fsp3) is 0.250. The van der Waals surface area contributed by atoms with E-state index in [-0.39, 0.29) is 11.1 Å². The van der Waals surface area contributed by atoms with E-state index in [1.165, 1.54) is 22.8 Å². The topological polar surface area (TPSA) is 78.3 Å². The van der Waals surface area contributed by atoms with Crippen molar-refractivity contribution in [2.45, 2.75) is 19.9 Å². The van der Waals surface area contributed by atoms with E-state index in [1.54, 1.807) is 0 Å². The van der Waals surface area contributed by atoms with Crippen LogP contribution in [0, 0.1) is 4.77 Å². The Morgan fingerprint density at radius 3 is 2.63 bits per heavy atom. The number of carboxylic acid groups (broad SMARTS) is 1. The Morgan fingerprint density at radius 2 is 1.96 bits per heavy atom. The number of aromatic nitrogens is 2. The van der Waals surface area contributed by atoms with Crippen molar-refractivity contribution in [3.05, 3.63) is 69.2 Å². The molecule has 0 unspecified atom stereocenters. The van der Waals surface area contributed by atoms with Crippen LogP contribution in [0.5, 0.6) is 0 Å². The molecule has 7 heteroatoms. The van der Waals surface area contributed by atoms with Gasteiger partial charge in [-0.25, -0.2) is 4.79 Å². The molecule has 0 aliphatic rings. The summed E-state index contributed by atoms with van der Waals surface area (Å²) in [7, 11) is 0. The molecule has 0 radical (unpaired) electrons. The van der Waals surface area contributed by atoms with Crippen LogP contribution in [-0.4, -0.2) is 33.7 Å². The van der Waals surface area contributed by atoms with Crippen LogP contribution in [0.25, 0.3) is 10.9 Å². The fourth-order valence-electron chi connectivity index (χ4n) is 3.12. The number of hydrogen-bond donors (Lipinski definition) is 2. The quantitative estimate of drug-likeness (QED) is 0.609. The van der Waals surface area contributed by atoms with Crippen LogP contribution in [0.3, 0.4) is 0 Å². The average Bonchev–Trinajstić information content (AvgIpc) is 2.67. The minimum Gasteiger partial charge on any atom is -0.478 e. The molecule has 140 valence electrons. The van der Waals surface area contributed by atoms with Crippen molar-refractivity contribution in [1.29, 1.82) is 0 Å². The van der Waals surface area contributed by atoms with E-state index in [0.717, 1.165) is 25.2 Å². The van der Waals surface area contributed by atoms with Gasteiger partial charge in [0.25, 0.3) is 5.56 Å². The molecular formula is C20H21N3O3S. The summed E-state index contributed by atoms with van der Waals surface area (Å²) in [6.45, 7) is 4.27. The highest BCUT2D eigenvalue weighted by Gasteiger charge is 2.10. The lowest BCUT2D eigenvalue weighted by atomic mass is 10.1. The van der Waals surface area contributed by atoms with E-state index in [4.69, 9.17) is 17.3 Å². The molecule has 0 saturated carbocycles. The van der Waals surface area contributed by atoms with Crippen molar-refractivity contribution in [2.24, 2.45) is 0 Å². The van der Waals surface area contributed by atoms with Crippen molar-refractivity contribution in [2.75, 3.05) is 18.0 Å². The van der Waals surface area contributed by atoms with Crippen LogP contribution in [0.15, 0.2) is 53.3 Å². The van der Waals surface area contributed by atoms with Gasteiger partial charge in [0.15, 0.2) is 4.77 Å². The molecule has 1 aromatic heterocycles. The second-order valence-corrected chi connectivity index (χ2v) is 6.61. The zero-order valence-electron chi connectivity index (χ0n) is 15.0. The highest BCUT2D eigenvalue weighted by Crippen LogP contribution is 2.14. The Morgan fingerprint density at radius 1 is 1.22 bits per heavy atom. The molecule has 6 nitrogen and oxygen atoms in total. The second-order valence-electron chi connectivity index (χ2n) is 6.22. The molecule has 0 atom stereocenters. The van der Waals surface area contributed by atoms with E-state index in [9.17, 15) is 9.59 Å². The molecule has 0 aliphatic carbocycles. The Bertz CT molecular complexity index is 1070. The lowest BCUT2D eigenvalue weighted by Crippen LogP contribution is -2.27. The summed E-state index contributed by atoms with van der Waals surface area (Å²) in [5.41, 5.74) is 1.51. The minimum atomic E-state index is -1.04. The largest absolute Gasteiger partial charge is 0.478 e. The minimum absolute atomic E-state index is 0.117. The van der Waals surface area contributed by atoms with Gasteiger partial charge in [0, 0.05) is 25.3 Å². The smallest absolute Gasteiger partial charge is 0.335 e. The maximum absolute atomic E-state index is 12.8. The van der Waals surface area contributed by atoms with Gasteiger partial charge >= 0.3 is 5.97 Å². The Labute approximate surface area is 161 Å². The number of H-pyrrole nitrogens is 1. The number of para-hydroxylation sites is 1. The second kappa shape index (κ2) is 8.18. The highest BCUT2D eigenvalue weighted by atomic mass is 32.1. The summed E-state index contributed by atoms with van der Waals surface area (Å²) in [5, 5.41) is 9.53. The number of carboxylic acids is 1. The molecule has 0 aliphatic heterocycles. The SMILES string of the molecule is CCN(CCCn1c(=S)[nH]c2cc(C(=O)O)ccc2c1=O)c1ccccc1. The standard InChI is InChI=1S/C20H21N3O3S/c1-2-22(15-7-4-3-5-8-15)11-6-12-23-18(24)16-10-9-14(19(25)26)13-17(16)21-20(23)27/h3-5,7-10,13H,2,6,11-12H2,1H3,(H,21,27)(H,25,26). The summed E-state index contributed by atoms with van der Waals surface area (Å²) in [6, 6.07) is 14.5. The molecule has 3 aromatic rings. The first-order valence-electron chi connectivity index (χ1n) is 8.81. The molecule has 27 heavy (non-hydrogen) atoms. The van der Waals surface area contributed by atoms with Crippen molar-refractivity contribution in [3.63, 3.8) is 0 Å². The van der Waals surface area contributed by atoms with Gasteiger partial charge in [0.2, 0.25) is 0 Å². The van der Waals surface area contributed by atoms with Gasteiger partial charge in [-0.15, -0.1) is 0 Å². The number of nitrogens with one attached hydrogen (secondary N) is 1. The van der Waals surface area contributed by atoms with Gasteiger partial charge in [-0.2, -0.15) is 0 Å². The average molecular weight is 383 g/mol. The molecule has 0 spiro atoms. The molecular weight excluding hydrogens is 362 g/mol. The van der Waals surface area contributed by atoms with Gasteiger partial charge in [-0.1, -0.05) is 18.2 Å². The maximum Gasteiger partial charge on any atom is 0.335 e. The van der Waals surface area contributed by atoms with Gasteiger partial charge in [-0.3, -0.25) is 9.36 Å². The Hall–Kier alpha value is -2.93. The number of fused-ring (bicyclic) bond motifs is 1. The van der Waals surface area contributed by atoms with Crippen LogP contribution >= 0.6 is 12.2 Å². The summed E-state index contributed by atoms with van der Waals surface area (Å²) < 4.78 is 1.84. The van der Waals surface area contributed by atoms with Crippen molar-refractivity contribution < 1.29 is 9.90 Å². The number of aromatic amines is 1. The fourth-order valence-corrected chi connectivity index (χ4v) is 3.40. The van der Waals surface area contributed by atoms with E-state index in [0.29, 0.717) is 22.2 Å². The molecule has 0 bridgehead atoms. The third-order valence-electron chi connectivity index (χ3n) is 4.54. The lowest BCUT2D eigenvalue weighted by molar-refractivity contribution is 0.0697. The van der Waals surface area contributed by atoms with Gasteiger partial charge in [0.1, 0.15) is 0 Å². The predicted molar refractivity (Wildman–Crippen MR) is 109 cm³/mol. The zero-order valence-corrected chi connectivity index (χ0v) is 15.8. The van der Waals surface area contributed by atoms with Crippen molar-refractivity contribution >= 4 is 34.8 Å². The molecule has 1 heterocycles. The van der Waals surface area contributed by atoms with Crippen LogP contribution in [-0.2, 0) is 6.54 Å². The van der Waals surface area contributed by atoms with E-state index < -0.39 is 5.97 Å². The number of nitrogens with zero attached hydrogens (tertiary/aromatic N) is 2. The van der Waals surface area contributed by atoms with Crippen molar-refractivity contribution in [3.8, 4) is 0 Å². The molecule has 0 amide bonds. The molecule has 0 saturated heterocycles. The summed E-state index contributed by atoms with van der Waals surface area (Å²) >= 11 is 5.32. The van der Waals surface area contributed by atoms with Crippen LogP contribution in [0.4, 0.5) is 5.69 Å². The number of rotatable bonds is 7. The Kier molecular flexibility index (Phi) is 5.71. The van der Waals surface area contributed by atoms with Gasteiger partial charge in [-0.05, 0) is 55.9 Å². The predicted octanol–water partition coefficient (Wildman–Crippen LogP) is 3.67. The highest BCUT2D eigenvalue weighted by molar-refractivity contribution is 7.71. The van der Waals surface area contributed by atoms with Crippen LogP contribution in [0.1, 0.15) is 23.7 Å². The first kappa shape index (κ1) is 18.8. The van der Waals surface area contributed by atoms with Gasteiger partial charge in [0.05, 0.1) is 16.5 Å². The number of anilines is 1. The maximum atomic E-state index is 12.8. The molecule has 2 N–H and O–H groups in total. The van der Waals surface area contributed by atoms with Crippen LogP contribution in [0.2, 0.25) is 0 Å². The summed E-state index contributed by atoms with van der Waals surface area (Å²) in [5.74, 6) is -1.04. The van der Waals surface area contributed by atoms with Gasteiger partial charge < -0.3 is 15.0 Å². The summed E-state index contributed by atoms with van der Waals surface area (Å²) in [6.07, 6.45) is 0.763. The number of carbonyl (C=O) groups is 1. The number of benzene rings is 2. The monoisotopic (exact) mass is 383 g/mol. The third kappa shape index (κ3) is 4.09. The normalized spacial score (nSPS) is 10.9. The number of aromatic carboxylic acids is 1. The van der Waals surface area contributed by atoms with Crippen molar-refractivity contribution in [1.82, 2.24) is 9.55 Å². The third-order valence-corrected chi connectivity index (χ3v) is 4.86.